The number of carbonyl (C=O) groups is 1. The molecule has 0 fully saturated rings. The van der Waals surface area contributed by atoms with E-state index >= 15 is 0 Å². The molecule has 0 saturated heterocycles. The lowest BCUT2D eigenvalue weighted by Crippen LogP contribution is -2.05. The molecule has 18 heavy (non-hydrogen) atoms. The van der Waals surface area contributed by atoms with Crippen molar-refractivity contribution in [2.45, 2.75) is 13.3 Å². The SMILES string of the molecule is C=C/C(C(=O)OC)=C(\C=C)c1ccc(CC)cc1. The van der Waals surface area contributed by atoms with Crippen LogP contribution in [0.25, 0.3) is 5.57 Å². The maximum atomic E-state index is 11.6. The summed E-state index contributed by atoms with van der Waals surface area (Å²) in [5.74, 6) is -0.403. The summed E-state index contributed by atoms with van der Waals surface area (Å²) >= 11 is 0. The first-order valence-corrected chi connectivity index (χ1v) is 5.84. The van der Waals surface area contributed by atoms with Gasteiger partial charge in [0.05, 0.1) is 12.7 Å². The van der Waals surface area contributed by atoms with Crippen molar-refractivity contribution in [2.75, 3.05) is 7.11 Å². The fourth-order valence-electron chi connectivity index (χ4n) is 1.72. The second-order valence-corrected chi connectivity index (χ2v) is 3.78. The number of benzene rings is 1. The van der Waals surface area contributed by atoms with E-state index < -0.39 is 5.97 Å². The van der Waals surface area contributed by atoms with E-state index in [2.05, 4.69) is 20.1 Å². The number of rotatable bonds is 5. The molecule has 2 nitrogen and oxygen atoms in total. The molecule has 0 saturated carbocycles. The standard InChI is InChI=1S/C16H18O2/c1-5-12-8-10-13(11-9-12)14(6-2)15(7-3)16(17)18-4/h6-11H,2-3,5H2,1,4H3/b15-14-. The third-order valence-electron chi connectivity index (χ3n) is 2.78. The molecule has 0 amide bonds. The highest BCUT2D eigenvalue weighted by Gasteiger charge is 2.12. The zero-order valence-corrected chi connectivity index (χ0v) is 10.9. The monoisotopic (exact) mass is 242 g/mol. The van der Waals surface area contributed by atoms with Gasteiger partial charge in [-0.15, -0.1) is 0 Å². The molecule has 0 aromatic heterocycles. The van der Waals surface area contributed by atoms with Crippen molar-refractivity contribution in [3.05, 3.63) is 66.3 Å². The zero-order valence-electron chi connectivity index (χ0n) is 10.9. The molecule has 1 aromatic rings. The quantitative estimate of drug-likeness (QED) is 0.448. The molecule has 94 valence electrons. The van der Waals surface area contributed by atoms with Gasteiger partial charge in [-0.3, -0.25) is 0 Å². The van der Waals surface area contributed by atoms with Crippen LogP contribution < -0.4 is 0 Å². The highest BCUT2D eigenvalue weighted by atomic mass is 16.5. The minimum atomic E-state index is -0.403. The Morgan fingerprint density at radius 3 is 2.22 bits per heavy atom. The summed E-state index contributed by atoms with van der Waals surface area (Å²) in [6.07, 6.45) is 4.13. The van der Waals surface area contributed by atoms with E-state index in [1.807, 2.05) is 24.3 Å². The van der Waals surface area contributed by atoms with Gasteiger partial charge in [0, 0.05) is 0 Å². The van der Waals surface area contributed by atoms with E-state index in [1.54, 1.807) is 6.08 Å². The van der Waals surface area contributed by atoms with Crippen molar-refractivity contribution >= 4 is 11.5 Å². The van der Waals surface area contributed by atoms with Crippen molar-refractivity contribution in [1.82, 2.24) is 0 Å². The van der Waals surface area contributed by atoms with Gasteiger partial charge >= 0.3 is 5.97 Å². The Hall–Kier alpha value is -2.09. The third kappa shape index (κ3) is 2.98. The molecule has 1 aromatic carbocycles. The summed E-state index contributed by atoms with van der Waals surface area (Å²) in [4.78, 5) is 11.6. The van der Waals surface area contributed by atoms with Crippen LogP contribution in [0.3, 0.4) is 0 Å². The number of ether oxygens (including phenoxy) is 1. The Kier molecular flexibility index (Phi) is 5.12. The lowest BCUT2D eigenvalue weighted by molar-refractivity contribution is -0.135. The smallest absolute Gasteiger partial charge is 0.338 e. The first-order chi connectivity index (χ1) is 8.67. The minimum Gasteiger partial charge on any atom is -0.465 e. The highest BCUT2D eigenvalue weighted by Crippen LogP contribution is 2.22. The summed E-state index contributed by atoms with van der Waals surface area (Å²) in [6, 6.07) is 8.03. The summed E-state index contributed by atoms with van der Waals surface area (Å²) in [5, 5.41) is 0. The van der Waals surface area contributed by atoms with Gasteiger partial charge in [0.25, 0.3) is 0 Å². The van der Waals surface area contributed by atoms with Crippen LogP contribution in [0, 0.1) is 0 Å². The van der Waals surface area contributed by atoms with Crippen LogP contribution in [-0.2, 0) is 16.0 Å². The van der Waals surface area contributed by atoms with Gasteiger partial charge in [0.1, 0.15) is 0 Å². The highest BCUT2D eigenvalue weighted by molar-refractivity contribution is 6.02. The fourth-order valence-corrected chi connectivity index (χ4v) is 1.72. The van der Waals surface area contributed by atoms with Gasteiger partial charge in [0.15, 0.2) is 0 Å². The molecule has 0 radical (unpaired) electrons. The topological polar surface area (TPSA) is 26.3 Å². The number of carbonyl (C=O) groups excluding carboxylic acids is 1. The van der Waals surface area contributed by atoms with Gasteiger partial charge in [0.2, 0.25) is 0 Å². The van der Waals surface area contributed by atoms with Crippen LogP contribution in [-0.4, -0.2) is 13.1 Å². The Morgan fingerprint density at radius 1 is 1.22 bits per heavy atom. The molecule has 0 aliphatic carbocycles. The van der Waals surface area contributed by atoms with Crippen LogP contribution in [0.4, 0.5) is 0 Å². The van der Waals surface area contributed by atoms with E-state index in [0.29, 0.717) is 5.57 Å². The maximum Gasteiger partial charge on any atom is 0.338 e. The normalized spacial score (nSPS) is 11.4. The molecule has 0 spiro atoms. The maximum absolute atomic E-state index is 11.6. The van der Waals surface area contributed by atoms with E-state index in [0.717, 1.165) is 17.6 Å². The van der Waals surface area contributed by atoms with Gasteiger partial charge in [-0.1, -0.05) is 56.5 Å². The second-order valence-electron chi connectivity index (χ2n) is 3.78. The average molecular weight is 242 g/mol. The predicted octanol–water partition coefficient (Wildman–Crippen LogP) is 3.55. The Balaban J connectivity index is 3.29. The molecule has 0 aliphatic heterocycles. The molecule has 0 unspecified atom stereocenters. The van der Waals surface area contributed by atoms with Crippen LogP contribution in [0.5, 0.6) is 0 Å². The minimum absolute atomic E-state index is 0.403. The largest absolute Gasteiger partial charge is 0.465 e. The predicted molar refractivity (Wildman–Crippen MR) is 75.2 cm³/mol. The van der Waals surface area contributed by atoms with Gasteiger partial charge in [-0.2, -0.15) is 0 Å². The molecule has 1 rings (SSSR count). The van der Waals surface area contributed by atoms with Crippen molar-refractivity contribution in [3.8, 4) is 0 Å². The van der Waals surface area contributed by atoms with E-state index in [-0.39, 0.29) is 0 Å². The van der Waals surface area contributed by atoms with Crippen molar-refractivity contribution in [1.29, 1.82) is 0 Å². The number of hydrogen-bond acceptors (Lipinski definition) is 2. The van der Waals surface area contributed by atoms with Gasteiger partial charge in [-0.25, -0.2) is 4.79 Å². The van der Waals surface area contributed by atoms with Crippen molar-refractivity contribution < 1.29 is 9.53 Å². The number of aryl methyl sites for hydroxylation is 1. The van der Waals surface area contributed by atoms with Crippen LogP contribution in [0.15, 0.2) is 55.1 Å². The molecular weight excluding hydrogens is 224 g/mol. The second kappa shape index (κ2) is 6.60. The number of allylic oxidation sites excluding steroid dienone is 2. The Bertz CT molecular complexity index is 478. The fraction of sp³-hybridized carbons (Fsp3) is 0.188. The molecular formula is C16H18O2. The first kappa shape index (κ1) is 14.0. The number of methoxy groups -OCH3 is 1. The average Bonchev–Trinajstić information content (AvgIpc) is 2.44. The molecule has 2 heteroatoms. The summed E-state index contributed by atoms with van der Waals surface area (Å²) in [5.41, 5.74) is 3.35. The zero-order chi connectivity index (χ0) is 13.5. The van der Waals surface area contributed by atoms with Crippen LogP contribution >= 0.6 is 0 Å². The summed E-state index contributed by atoms with van der Waals surface area (Å²) in [6.45, 7) is 9.50. The molecule has 0 atom stereocenters. The van der Waals surface area contributed by atoms with E-state index in [9.17, 15) is 4.79 Å². The van der Waals surface area contributed by atoms with E-state index in [4.69, 9.17) is 4.74 Å². The van der Waals surface area contributed by atoms with E-state index in [1.165, 1.54) is 18.7 Å². The van der Waals surface area contributed by atoms with Gasteiger partial charge in [-0.05, 0) is 23.1 Å². The Labute approximate surface area is 108 Å². The van der Waals surface area contributed by atoms with Gasteiger partial charge < -0.3 is 4.74 Å². The van der Waals surface area contributed by atoms with Crippen molar-refractivity contribution in [3.63, 3.8) is 0 Å². The Morgan fingerprint density at radius 2 is 1.83 bits per heavy atom. The summed E-state index contributed by atoms with van der Waals surface area (Å²) < 4.78 is 4.74. The number of hydrogen-bond donors (Lipinski definition) is 0. The van der Waals surface area contributed by atoms with Crippen LogP contribution in [0.1, 0.15) is 18.1 Å². The number of esters is 1. The lowest BCUT2D eigenvalue weighted by Gasteiger charge is -2.08. The molecule has 0 aliphatic rings. The lowest BCUT2D eigenvalue weighted by atomic mass is 9.98. The first-order valence-electron chi connectivity index (χ1n) is 5.84. The third-order valence-corrected chi connectivity index (χ3v) is 2.78. The summed E-state index contributed by atoms with van der Waals surface area (Å²) in [7, 11) is 1.35. The van der Waals surface area contributed by atoms with Crippen molar-refractivity contribution in [2.24, 2.45) is 0 Å². The molecule has 0 heterocycles. The van der Waals surface area contributed by atoms with Crippen LogP contribution in [0.2, 0.25) is 0 Å². The molecule has 0 N–H and O–H groups in total. The molecule has 0 bridgehead atoms.